The van der Waals surface area contributed by atoms with Crippen LogP contribution in [0.25, 0.3) is 11.0 Å². The lowest BCUT2D eigenvalue weighted by Crippen LogP contribution is -2.61. The number of hydrogen-bond acceptors (Lipinski definition) is 9. The summed E-state index contributed by atoms with van der Waals surface area (Å²) in [5.41, 5.74) is 7.79. The Labute approximate surface area is 252 Å². The number of aryl methyl sites for hydroxylation is 1. The Morgan fingerprint density at radius 3 is 2.70 bits per heavy atom. The molecular weight excluding hydrogens is 551 g/mol. The standard InChI is InChI=1S/C30H37FN6O4.C2H6/c31-22-17-33-23-5-7-26(39-15-3-1-2-14-32)37-27(23)21(22)8-9-30-12-10-29(11-13-30,19-41-30)34-16-20-4-6-24-28(35-20)36-25(38)18-40-24;1-2/h4-7,17,34H,1-3,8-16,18-19,32H2,(H,35,36,38);1-2H3. The lowest BCUT2D eigenvalue weighted by Gasteiger charge is -2.53. The van der Waals surface area contributed by atoms with E-state index in [9.17, 15) is 4.79 Å². The van der Waals surface area contributed by atoms with E-state index in [0.717, 1.165) is 57.1 Å². The predicted octanol–water partition coefficient (Wildman–Crippen LogP) is 4.83. The maximum absolute atomic E-state index is 15.0. The van der Waals surface area contributed by atoms with Gasteiger partial charge >= 0.3 is 0 Å². The summed E-state index contributed by atoms with van der Waals surface area (Å²) >= 11 is 0. The van der Waals surface area contributed by atoms with Gasteiger partial charge in [-0.2, -0.15) is 0 Å². The maximum Gasteiger partial charge on any atom is 0.263 e. The second-order valence-electron chi connectivity index (χ2n) is 11.4. The Morgan fingerprint density at radius 2 is 1.93 bits per heavy atom. The number of rotatable bonds is 12. The maximum atomic E-state index is 15.0. The van der Waals surface area contributed by atoms with Crippen molar-refractivity contribution in [3.8, 4) is 11.6 Å². The van der Waals surface area contributed by atoms with Crippen molar-refractivity contribution >= 4 is 22.8 Å². The van der Waals surface area contributed by atoms with Crippen LogP contribution in [-0.2, 0) is 22.5 Å². The van der Waals surface area contributed by atoms with Crippen LogP contribution in [0.1, 0.15) is 76.5 Å². The quantitative estimate of drug-likeness (QED) is 0.252. The van der Waals surface area contributed by atoms with Crippen molar-refractivity contribution in [2.75, 3.05) is 31.7 Å². The number of carbonyl (C=O) groups is 1. The first-order valence-corrected chi connectivity index (χ1v) is 15.6. The van der Waals surface area contributed by atoms with Crippen LogP contribution >= 0.6 is 0 Å². The molecule has 4 N–H and O–H groups in total. The Morgan fingerprint density at radius 1 is 1.09 bits per heavy atom. The first-order chi connectivity index (χ1) is 21.0. The molecule has 3 fully saturated rings. The number of carbonyl (C=O) groups excluding carboxylic acids is 1. The fraction of sp³-hybridized carbons (Fsp3) is 0.562. The molecule has 0 radical (unpaired) electrons. The zero-order valence-corrected chi connectivity index (χ0v) is 25.2. The molecule has 43 heavy (non-hydrogen) atoms. The number of pyridine rings is 3. The van der Waals surface area contributed by atoms with E-state index in [2.05, 4.69) is 25.6 Å². The number of anilines is 1. The molecule has 7 rings (SSSR count). The van der Waals surface area contributed by atoms with E-state index in [1.165, 1.54) is 6.20 Å². The van der Waals surface area contributed by atoms with Crippen molar-refractivity contribution in [3.63, 3.8) is 0 Å². The number of fused-ring (bicyclic) bond motifs is 5. The molecule has 3 aromatic rings. The highest BCUT2D eigenvalue weighted by atomic mass is 19.1. The number of amides is 1. The summed E-state index contributed by atoms with van der Waals surface area (Å²) in [5.74, 6) is 1.00. The number of aromatic nitrogens is 3. The van der Waals surface area contributed by atoms with Crippen molar-refractivity contribution < 1.29 is 23.4 Å². The normalized spacial score (nSPS) is 22.3. The average Bonchev–Trinajstić information content (AvgIpc) is 3.05. The molecule has 232 valence electrons. The van der Waals surface area contributed by atoms with E-state index in [1.807, 2.05) is 32.0 Å². The van der Waals surface area contributed by atoms with Gasteiger partial charge in [-0.3, -0.25) is 9.78 Å². The van der Waals surface area contributed by atoms with Crippen LogP contribution in [0.5, 0.6) is 11.6 Å². The molecular formula is C32H43FN6O4. The van der Waals surface area contributed by atoms with Gasteiger partial charge in [0.1, 0.15) is 5.82 Å². The van der Waals surface area contributed by atoms with Crippen molar-refractivity contribution in [1.82, 2.24) is 20.3 Å². The van der Waals surface area contributed by atoms with Crippen LogP contribution in [0.2, 0.25) is 0 Å². The third-order valence-corrected chi connectivity index (χ3v) is 8.62. The minimum atomic E-state index is -0.344. The first kappa shape index (κ1) is 31.0. The van der Waals surface area contributed by atoms with Gasteiger partial charge in [-0.05, 0) is 82.5 Å². The number of ether oxygens (including phenoxy) is 3. The largest absolute Gasteiger partial charge is 0.480 e. The summed E-state index contributed by atoms with van der Waals surface area (Å²) in [5, 5.41) is 6.44. The molecule has 2 saturated heterocycles. The fourth-order valence-electron chi connectivity index (χ4n) is 6.04. The fourth-order valence-corrected chi connectivity index (χ4v) is 6.04. The highest BCUT2D eigenvalue weighted by Crippen LogP contribution is 2.46. The summed E-state index contributed by atoms with van der Waals surface area (Å²) in [7, 11) is 0. The van der Waals surface area contributed by atoms with Crippen LogP contribution in [0, 0.1) is 5.82 Å². The summed E-state index contributed by atoms with van der Waals surface area (Å²) in [4.78, 5) is 25.1. The van der Waals surface area contributed by atoms with Gasteiger partial charge in [0.15, 0.2) is 18.2 Å². The smallest absolute Gasteiger partial charge is 0.263 e. The van der Waals surface area contributed by atoms with E-state index in [4.69, 9.17) is 19.9 Å². The molecule has 11 heteroatoms. The summed E-state index contributed by atoms with van der Waals surface area (Å²) in [6.07, 6.45) is 9.14. The zero-order valence-electron chi connectivity index (χ0n) is 25.2. The van der Waals surface area contributed by atoms with Crippen molar-refractivity contribution in [1.29, 1.82) is 0 Å². The number of halogens is 1. The Bertz CT molecular complexity index is 1400. The van der Waals surface area contributed by atoms with E-state index in [0.29, 0.717) is 66.8 Å². The topological polar surface area (TPSA) is 134 Å². The van der Waals surface area contributed by atoms with Gasteiger partial charge in [0, 0.05) is 23.7 Å². The van der Waals surface area contributed by atoms with Gasteiger partial charge in [-0.1, -0.05) is 13.8 Å². The zero-order chi connectivity index (χ0) is 30.3. The van der Waals surface area contributed by atoms with Gasteiger partial charge in [0.05, 0.1) is 41.7 Å². The molecule has 1 aliphatic carbocycles. The SMILES string of the molecule is CC.NCCCCCOc1ccc2ncc(F)c(CCC34CCC(NCc5ccc6c(n5)NC(=O)CO6)(CC3)CO4)c2n1. The van der Waals surface area contributed by atoms with Crippen molar-refractivity contribution in [2.45, 2.75) is 89.3 Å². The molecule has 0 atom stereocenters. The van der Waals surface area contributed by atoms with Crippen molar-refractivity contribution in [2.24, 2.45) is 5.73 Å². The predicted molar refractivity (Wildman–Crippen MR) is 163 cm³/mol. The Balaban J connectivity index is 0.00000180. The highest BCUT2D eigenvalue weighted by molar-refractivity contribution is 5.94. The molecule has 0 spiro atoms. The van der Waals surface area contributed by atoms with Crippen LogP contribution in [0.15, 0.2) is 30.5 Å². The molecule has 0 unspecified atom stereocenters. The number of nitrogens with one attached hydrogen (secondary N) is 2. The third kappa shape index (κ3) is 7.22. The lowest BCUT2D eigenvalue weighted by atomic mass is 9.69. The van der Waals surface area contributed by atoms with Crippen LogP contribution < -0.4 is 25.8 Å². The Hall–Kier alpha value is -3.41. The number of hydrogen-bond donors (Lipinski definition) is 3. The minimum absolute atomic E-state index is 0.0143. The second kappa shape index (κ2) is 13.9. The van der Waals surface area contributed by atoms with Crippen LogP contribution in [0.3, 0.4) is 0 Å². The van der Waals surface area contributed by atoms with Crippen LogP contribution in [0.4, 0.5) is 10.2 Å². The molecule has 1 saturated carbocycles. The number of unbranched alkanes of at least 4 members (excludes halogenated alkanes) is 2. The molecule has 6 heterocycles. The van der Waals surface area contributed by atoms with Gasteiger partial charge in [0.2, 0.25) is 5.88 Å². The van der Waals surface area contributed by atoms with E-state index in [-0.39, 0.29) is 29.5 Å². The van der Waals surface area contributed by atoms with Crippen molar-refractivity contribution in [3.05, 3.63) is 47.5 Å². The van der Waals surface area contributed by atoms with Gasteiger partial charge in [0.25, 0.3) is 5.91 Å². The van der Waals surface area contributed by atoms with Gasteiger partial charge < -0.3 is 30.6 Å². The molecule has 2 bridgehead atoms. The molecule has 3 aliphatic heterocycles. The molecule has 10 nitrogen and oxygen atoms in total. The number of nitrogens with zero attached hydrogens (tertiary/aromatic N) is 3. The molecule has 3 aromatic heterocycles. The monoisotopic (exact) mass is 594 g/mol. The summed E-state index contributed by atoms with van der Waals surface area (Å²) in [6, 6.07) is 7.39. The first-order valence-electron chi connectivity index (χ1n) is 15.6. The molecule has 1 amide bonds. The molecule has 4 aliphatic rings. The van der Waals surface area contributed by atoms with E-state index in [1.54, 1.807) is 6.07 Å². The second-order valence-corrected chi connectivity index (χ2v) is 11.4. The number of nitrogens with two attached hydrogens (primary N) is 1. The van der Waals surface area contributed by atoms with E-state index >= 15 is 4.39 Å². The molecule has 0 aromatic carbocycles. The van der Waals surface area contributed by atoms with E-state index < -0.39 is 0 Å². The summed E-state index contributed by atoms with van der Waals surface area (Å²) < 4.78 is 32.8. The van der Waals surface area contributed by atoms with Gasteiger partial charge in [-0.25, -0.2) is 14.4 Å². The average molecular weight is 595 g/mol. The third-order valence-electron chi connectivity index (χ3n) is 8.62. The van der Waals surface area contributed by atoms with Crippen LogP contribution in [-0.4, -0.2) is 58.4 Å². The van der Waals surface area contributed by atoms with Gasteiger partial charge in [-0.15, -0.1) is 0 Å². The Kier molecular flexibility index (Phi) is 10.0. The lowest BCUT2D eigenvalue weighted by molar-refractivity contribution is -0.165. The minimum Gasteiger partial charge on any atom is -0.480 e. The highest BCUT2D eigenvalue weighted by Gasteiger charge is 2.49. The summed E-state index contributed by atoms with van der Waals surface area (Å²) in [6.45, 7) is 6.40.